The second-order valence-corrected chi connectivity index (χ2v) is 4.25. The third kappa shape index (κ3) is 1.85. The molecule has 1 atom stereocenters. The fraction of sp³-hybridized carbons (Fsp3) is 0.364. The van der Waals surface area contributed by atoms with Crippen LogP contribution in [0.25, 0.3) is 0 Å². The first-order valence-electron chi connectivity index (χ1n) is 4.90. The van der Waals surface area contributed by atoms with Crippen LogP contribution in [0.1, 0.15) is 12.0 Å². The van der Waals surface area contributed by atoms with E-state index in [0.717, 1.165) is 11.3 Å². The molecule has 15 heavy (non-hydrogen) atoms. The normalized spacial score (nSPS) is 21.1. The number of nitrogens with two attached hydrogens (primary N) is 1. The largest absolute Gasteiger partial charge is 0.326 e. The van der Waals surface area contributed by atoms with Crippen LogP contribution in [0, 0.1) is 6.92 Å². The molecule has 0 saturated carbocycles. The lowest BCUT2D eigenvalue weighted by Gasteiger charge is -2.18. The van der Waals surface area contributed by atoms with Crippen molar-refractivity contribution in [3.8, 4) is 0 Å². The molecule has 0 aromatic heterocycles. The molecule has 3 nitrogen and oxygen atoms in total. The fourth-order valence-electron chi connectivity index (χ4n) is 1.81. The van der Waals surface area contributed by atoms with Gasteiger partial charge in [-0.25, -0.2) is 0 Å². The zero-order valence-electron chi connectivity index (χ0n) is 8.53. The number of carbonyl (C=O) groups is 1. The first-order valence-corrected chi connectivity index (χ1v) is 5.28. The molecule has 0 radical (unpaired) electrons. The zero-order chi connectivity index (χ0) is 11.0. The van der Waals surface area contributed by atoms with E-state index < -0.39 is 0 Å². The third-order valence-corrected chi connectivity index (χ3v) is 3.11. The summed E-state index contributed by atoms with van der Waals surface area (Å²) in [5.41, 5.74) is 7.48. The summed E-state index contributed by atoms with van der Waals surface area (Å²) in [6.45, 7) is 2.48. The van der Waals surface area contributed by atoms with E-state index in [-0.39, 0.29) is 11.9 Å². The maximum absolute atomic E-state index is 11.6. The van der Waals surface area contributed by atoms with E-state index in [1.807, 2.05) is 25.1 Å². The van der Waals surface area contributed by atoms with Crippen molar-refractivity contribution in [2.75, 3.05) is 11.4 Å². The van der Waals surface area contributed by atoms with Crippen LogP contribution < -0.4 is 10.6 Å². The van der Waals surface area contributed by atoms with Gasteiger partial charge >= 0.3 is 0 Å². The second-order valence-electron chi connectivity index (χ2n) is 3.88. The van der Waals surface area contributed by atoms with Gasteiger partial charge in [-0.2, -0.15) is 0 Å². The lowest BCUT2D eigenvalue weighted by Crippen LogP contribution is -2.28. The molecule has 0 bridgehead atoms. The molecule has 2 rings (SSSR count). The Hall–Kier alpha value is -1.06. The fourth-order valence-corrected chi connectivity index (χ4v) is 2.04. The lowest BCUT2D eigenvalue weighted by atomic mass is 10.2. The third-order valence-electron chi connectivity index (χ3n) is 2.62. The van der Waals surface area contributed by atoms with Crippen LogP contribution in [0.2, 0.25) is 5.02 Å². The Bertz CT molecular complexity index is 406. The van der Waals surface area contributed by atoms with Crippen molar-refractivity contribution in [3.63, 3.8) is 0 Å². The van der Waals surface area contributed by atoms with E-state index in [1.165, 1.54) is 0 Å². The van der Waals surface area contributed by atoms with Crippen LogP contribution in [-0.2, 0) is 4.79 Å². The molecule has 1 fully saturated rings. The average Bonchev–Trinajstić information content (AvgIpc) is 2.50. The Kier molecular flexibility index (Phi) is 2.67. The highest BCUT2D eigenvalue weighted by Gasteiger charge is 2.29. The minimum absolute atomic E-state index is 0.0509. The number of hydrogen-bond donors (Lipinski definition) is 1. The molecule has 1 aromatic carbocycles. The van der Waals surface area contributed by atoms with Gasteiger partial charge in [-0.05, 0) is 18.6 Å². The molecule has 0 aliphatic carbocycles. The highest BCUT2D eigenvalue weighted by Crippen LogP contribution is 2.31. The first kappa shape index (κ1) is 10.5. The van der Waals surface area contributed by atoms with Crippen LogP contribution in [0.4, 0.5) is 5.69 Å². The van der Waals surface area contributed by atoms with E-state index >= 15 is 0 Å². The molecular formula is C11H13ClN2O. The Morgan fingerprint density at radius 2 is 2.27 bits per heavy atom. The molecule has 1 aliphatic rings. The number of hydrogen-bond acceptors (Lipinski definition) is 2. The van der Waals surface area contributed by atoms with Crippen molar-refractivity contribution in [2.24, 2.45) is 5.73 Å². The number of benzene rings is 1. The van der Waals surface area contributed by atoms with Crippen molar-refractivity contribution in [3.05, 3.63) is 28.8 Å². The molecule has 1 aromatic rings. The van der Waals surface area contributed by atoms with Crippen LogP contribution in [-0.4, -0.2) is 18.5 Å². The molecule has 1 heterocycles. The van der Waals surface area contributed by atoms with E-state index in [0.29, 0.717) is 18.0 Å². The van der Waals surface area contributed by atoms with E-state index in [4.69, 9.17) is 17.3 Å². The minimum atomic E-state index is -0.0749. The van der Waals surface area contributed by atoms with Crippen molar-refractivity contribution in [2.45, 2.75) is 19.4 Å². The van der Waals surface area contributed by atoms with Gasteiger partial charge in [0.25, 0.3) is 0 Å². The van der Waals surface area contributed by atoms with E-state index in [9.17, 15) is 4.79 Å². The SMILES string of the molecule is Cc1cccc(N2CC(N)CC2=O)c1Cl. The van der Waals surface area contributed by atoms with Crippen LogP contribution in [0.15, 0.2) is 18.2 Å². The molecule has 1 saturated heterocycles. The molecule has 1 unspecified atom stereocenters. The second kappa shape index (κ2) is 3.83. The van der Waals surface area contributed by atoms with Gasteiger partial charge in [0, 0.05) is 19.0 Å². The smallest absolute Gasteiger partial charge is 0.228 e. The van der Waals surface area contributed by atoms with E-state index in [2.05, 4.69) is 0 Å². The quantitative estimate of drug-likeness (QED) is 0.790. The molecular weight excluding hydrogens is 212 g/mol. The summed E-state index contributed by atoms with van der Waals surface area (Å²) in [5.74, 6) is 0.0509. The van der Waals surface area contributed by atoms with Gasteiger partial charge in [0.15, 0.2) is 0 Å². The summed E-state index contributed by atoms with van der Waals surface area (Å²) in [6, 6.07) is 5.60. The van der Waals surface area contributed by atoms with Crippen LogP contribution >= 0.6 is 11.6 Å². The monoisotopic (exact) mass is 224 g/mol. The maximum Gasteiger partial charge on any atom is 0.228 e. The minimum Gasteiger partial charge on any atom is -0.326 e. The molecule has 1 aliphatic heterocycles. The molecule has 1 amide bonds. The van der Waals surface area contributed by atoms with Crippen molar-refractivity contribution >= 4 is 23.2 Å². The van der Waals surface area contributed by atoms with Gasteiger partial charge in [0.05, 0.1) is 10.7 Å². The van der Waals surface area contributed by atoms with Gasteiger partial charge in [0.1, 0.15) is 0 Å². The Morgan fingerprint density at radius 1 is 1.53 bits per heavy atom. The summed E-state index contributed by atoms with van der Waals surface area (Å²) in [7, 11) is 0. The van der Waals surface area contributed by atoms with Gasteiger partial charge in [-0.3, -0.25) is 4.79 Å². The highest BCUT2D eigenvalue weighted by atomic mass is 35.5. The number of nitrogens with zero attached hydrogens (tertiary/aromatic N) is 1. The number of carbonyl (C=O) groups excluding carboxylic acids is 1. The van der Waals surface area contributed by atoms with Crippen molar-refractivity contribution < 1.29 is 4.79 Å². The molecule has 80 valence electrons. The van der Waals surface area contributed by atoms with Crippen LogP contribution in [0.5, 0.6) is 0 Å². The summed E-state index contributed by atoms with van der Waals surface area (Å²) in [6.07, 6.45) is 0.407. The summed E-state index contributed by atoms with van der Waals surface area (Å²) in [4.78, 5) is 13.3. The van der Waals surface area contributed by atoms with Crippen molar-refractivity contribution in [1.29, 1.82) is 0 Å². The van der Waals surface area contributed by atoms with Crippen molar-refractivity contribution in [1.82, 2.24) is 0 Å². The standard InChI is InChI=1S/C11H13ClN2O/c1-7-3-2-4-9(11(7)12)14-6-8(13)5-10(14)15/h2-4,8H,5-6,13H2,1H3. The highest BCUT2D eigenvalue weighted by molar-refractivity contribution is 6.34. The van der Waals surface area contributed by atoms with Crippen LogP contribution in [0.3, 0.4) is 0 Å². The lowest BCUT2D eigenvalue weighted by molar-refractivity contribution is -0.117. The van der Waals surface area contributed by atoms with Gasteiger partial charge in [-0.1, -0.05) is 23.7 Å². The number of rotatable bonds is 1. The molecule has 2 N–H and O–H groups in total. The molecule has 4 heteroatoms. The summed E-state index contributed by atoms with van der Waals surface area (Å²) < 4.78 is 0. The number of halogens is 1. The van der Waals surface area contributed by atoms with Gasteiger partial charge in [-0.15, -0.1) is 0 Å². The zero-order valence-corrected chi connectivity index (χ0v) is 9.29. The van der Waals surface area contributed by atoms with Gasteiger partial charge < -0.3 is 10.6 Å². The summed E-state index contributed by atoms with van der Waals surface area (Å²) >= 11 is 6.15. The Balaban J connectivity index is 2.38. The predicted octanol–water partition coefficient (Wildman–Crippen LogP) is 1.71. The number of amides is 1. The summed E-state index contributed by atoms with van der Waals surface area (Å²) in [5, 5.41) is 0.639. The first-order chi connectivity index (χ1) is 7.09. The average molecular weight is 225 g/mol. The Labute approximate surface area is 93.8 Å². The predicted molar refractivity (Wildman–Crippen MR) is 61.1 cm³/mol. The maximum atomic E-state index is 11.6. The number of aryl methyl sites for hydroxylation is 1. The Morgan fingerprint density at radius 3 is 2.87 bits per heavy atom. The topological polar surface area (TPSA) is 46.3 Å². The molecule has 0 spiro atoms. The van der Waals surface area contributed by atoms with E-state index in [1.54, 1.807) is 4.90 Å². The number of anilines is 1. The van der Waals surface area contributed by atoms with Gasteiger partial charge in [0.2, 0.25) is 5.91 Å².